The fraction of sp³-hybridized carbons (Fsp3) is 0.417. The van der Waals surface area contributed by atoms with E-state index in [1.165, 1.54) is 17.4 Å². The van der Waals surface area contributed by atoms with Gasteiger partial charge in [-0.3, -0.25) is 4.79 Å². The molecule has 0 saturated carbocycles. The maximum Gasteiger partial charge on any atom is 0.349 e. The first kappa shape index (κ1) is 25.9. The Kier molecular flexibility index (Phi) is 9.00. The molecule has 0 spiro atoms. The van der Waals surface area contributed by atoms with Gasteiger partial charge in [0.15, 0.2) is 6.61 Å². The molecular formula is C24H29N3O5S. The Hall–Kier alpha value is -3.38. The van der Waals surface area contributed by atoms with Gasteiger partial charge in [0.1, 0.15) is 16.6 Å². The van der Waals surface area contributed by atoms with E-state index in [0.29, 0.717) is 10.6 Å². The molecule has 0 aliphatic rings. The number of carbonyl (C=O) groups is 3. The number of nitrogens with one attached hydrogen (secondary N) is 1. The molecule has 0 radical (unpaired) electrons. The summed E-state index contributed by atoms with van der Waals surface area (Å²) in [6, 6.07) is 3.75. The summed E-state index contributed by atoms with van der Waals surface area (Å²) in [6.45, 7) is 11.7. The van der Waals surface area contributed by atoms with E-state index in [9.17, 15) is 19.6 Å². The van der Waals surface area contributed by atoms with Gasteiger partial charge in [0.05, 0.1) is 12.2 Å². The van der Waals surface area contributed by atoms with Crippen LogP contribution in [0.4, 0.5) is 5.00 Å². The Morgan fingerprint density at radius 3 is 2.48 bits per heavy atom. The first-order valence-corrected chi connectivity index (χ1v) is 11.5. The second kappa shape index (κ2) is 11.5. The van der Waals surface area contributed by atoms with Crippen LogP contribution in [-0.4, -0.2) is 35.6 Å². The highest BCUT2D eigenvalue weighted by Gasteiger charge is 2.23. The Bertz CT molecular complexity index is 1130. The molecule has 0 saturated heterocycles. The highest BCUT2D eigenvalue weighted by atomic mass is 32.1. The quantitative estimate of drug-likeness (QED) is 0.328. The zero-order valence-electron chi connectivity index (χ0n) is 19.8. The van der Waals surface area contributed by atoms with Gasteiger partial charge < -0.3 is 19.4 Å². The lowest BCUT2D eigenvalue weighted by atomic mass is 10.1. The number of aryl methyl sites for hydroxylation is 2. The number of hydrogen-bond donors (Lipinski definition) is 1. The molecule has 2 heterocycles. The summed E-state index contributed by atoms with van der Waals surface area (Å²) < 4.78 is 12.2. The number of thiophene rings is 1. The predicted octanol–water partition coefficient (Wildman–Crippen LogP) is 4.46. The molecule has 33 heavy (non-hydrogen) atoms. The predicted molar refractivity (Wildman–Crippen MR) is 127 cm³/mol. The van der Waals surface area contributed by atoms with Crippen molar-refractivity contribution < 1.29 is 23.9 Å². The molecule has 0 atom stereocenters. The maximum absolute atomic E-state index is 12.4. The van der Waals surface area contributed by atoms with Crippen LogP contribution in [0.5, 0.6) is 0 Å². The van der Waals surface area contributed by atoms with Gasteiger partial charge in [-0.15, -0.1) is 11.3 Å². The highest BCUT2D eigenvalue weighted by molar-refractivity contribution is 7.16. The first-order chi connectivity index (χ1) is 15.6. The number of nitrogens with zero attached hydrogens (tertiary/aromatic N) is 2. The normalized spacial score (nSPS) is 11.1. The van der Waals surface area contributed by atoms with Crippen molar-refractivity contribution in [1.29, 1.82) is 5.26 Å². The number of nitriles is 1. The lowest BCUT2D eigenvalue weighted by Gasteiger charge is -2.08. The van der Waals surface area contributed by atoms with Crippen LogP contribution in [0.15, 0.2) is 11.6 Å². The number of carbonyl (C=O) groups excluding carboxylic acids is 3. The van der Waals surface area contributed by atoms with E-state index in [-0.39, 0.29) is 12.2 Å². The maximum atomic E-state index is 12.4. The summed E-state index contributed by atoms with van der Waals surface area (Å²) in [5.74, 6) is -2.03. The summed E-state index contributed by atoms with van der Waals surface area (Å²) in [6.07, 6.45) is 2.43. The van der Waals surface area contributed by atoms with Gasteiger partial charge >= 0.3 is 11.9 Å². The third-order valence-corrected chi connectivity index (χ3v) is 6.28. The van der Waals surface area contributed by atoms with Crippen LogP contribution in [-0.2, 0) is 25.6 Å². The molecule has 0 bridgehead atoms. The van der Waals surface area contributed by atoms with Gasteiger partial charge in [0.2, 0.25) is 0 Å². The zero-order chi connectivity index (χ0) is 24.7. The van der Waals surface area contributed by atoms with Crippen molar-refractivity contribution in [2.75, 3.05) is 18.5 Å². The van der Waals surface area contributed by atoms with Crippen molar-refractivity contribution in [2.45, 2.75) is 54.5 Å². The number of rotatable bonds is 9. The summed E-state index contributed by atoms with van der Waals surface area (Å²) >= 11 is 1.24. The zero-order valence-corrected chi connectivity index (χ0v) is 20.6. The molecule has 8 nitrogen and oxygen atoms in total. The number of anilines is 1. The van der Waals surface area contributed by atoms with E-state index >= 15 is 0 Å². The molecule has 2 aromatic rings. The summed E-state index contributed by atoms with van der Waals surface area (Å²) in [4.78, 5) is 37.9. The van der Waals surface area contributed by atoms with Crippen LogP contribution >= 0.6 is 11.3 Å². The Morgan fingerprint density at radius 1 is 1.18 bits per heavy atom. The molecule has 0 aliphatic carbocycles. The van der Waals surface area contributed by atoms with Gasteiger partial charge in [0, 0.05) is 22.8 Å². The highest BCUT2D eigenvalue weighted by Crippen LogP contribution is 2.33. The Morgan fingerprint density at radius 2 is 1.88 bits per heavy atom. The summed E-state index contributed by atoms with van der Waals surface area (Å²) in [5, 5.41) is 12.4. The van der Waals surface area contributed by atoms with Crippen molar-refractivity contribution in [1.82, 2.24) is 4.57 Å². The number of esters is 2. The van der Waals surface area contributed by atoms with Crippen molar-refractivity contribution in [3.63, 3.8) is 0 Å². The molecule has 2 rings (SSSR count). The molecule has 2 aromatic heterocycles. The van der Waals surface area contributed by atoms with E-state index in [2.05, 4.69) is 16.8 Å². The average molecular weight is 472 g/mol. The fourth-order valence-corrected chi connectivity index (χ4v) is 4.43. The molecule has 0 fully saturated rings. The average Bonchev–Trinajstić information content (AvgIpc) is 3.19. The van der Waals surface area contributed by atoms with Crippen LogP contribution in [0, 0.1) is 39.0 Å². The fourth-order valence-electron chi connectivity index (χ4n) is 3.37. The standard InChI is InChI=1S/C24H29N3O5S/c1-7-9-27-14(3)10-18(16(27)5)11-19(12-25)23(29)32-13-20(28)26-22-21(24(30)31-8-2)15(4)17(6)33-22/h10-11H,7-9,13H2,1-6H3,(H,26,28). The van der Waals surface area contributed by atoms with Gasteiger partial charge in [0.25, 0.3) is 5.91 Å². The lowest BCUT2D eigenvalue weighted by Crippen LogP contribution is -2.22. The minimum atomic E-state index is -0.892. The molecule has 0 aromatic carbocycles. The molecular weight excluding hydrogens is 442 g/mol. The van der Waals surface area contributed by atoms with E-state index in [1.54, 1.807) is 13.8 Å². The molecule has 1 amide bonds. The second-order valence-corrected chi connectivity index (χ2v) is 8.70. The molecule has 9 heteroatoms. The van der Waals surface area contributed by atoms with Gasteiger partial charge in [-0.1, -0.05) is 6.92 Å². The third kappa shape index (κ3) is 6.11. The van der Waals surface area contributed by atoms with Crippen LogP contribution in [0.3, 0.4) is 0 Å². The van der Waals surface area contributed by atoms with Crippen molar-refractivity contribution in [3.8, 4) is 6.07 Å². The largest absolute Gasteiger partial charge is 0.462 e. The van der Waals surface area contributed by atoms with Gasteiger partial charge in [-0.25, -0.2) is 9.59 Å². The number of ether oxygens (including phenoxy) is 2. The monoisotopic (exact) mass is 471 g/mol. The number of amides is 1. The topological polar surface area (TPSA) is 110 Å². The van der Waals surface area contributed by atoms with Gasteiger partial charge in [-0.05, 0) is 64.3 Å². The van der Waals surface area contributed by atoms with Crippen LogP contribution in [0.2, 0.25) is 0 Å². The molecule has 1 N–H and O–H groups in total. The van der Waals surface area contributed by atoms with Crippen LogP contribution in [0.1, 0.15) is 58.0 Å². The SMILES string of the molecule is CCCn1c(C)cc(C=C(C#N)C(=O)OCC(=O)Nc2sc(C)c(C)c2C(=O)OCC)c1C. The van der Waals surface area contributed by atoms with Crippen molar-refractivity contribution in [2.24, 2.45) is 0 Å². The van der Waals surface area contributed by atoms with Crippen LogP contribution in [0.25, 0.3) is 6.08 Å². The molecule has 0 aliphatic heterocycles. The lowest BCUT2D eigenvalue weighted by molar-refractivity contribution is -0.142. The van der Waals surface area contributed by atoms with E-state index in [4.69, 9.17) is 9.47 Å². The minimum Gasteiger partial charge on any atom is -0.462 e. The summed E-state index contributed by atoms with van der Waals surface area (Å²) in [7, 11) is 0. The van der Waals surface area contributed by atoms with E-state index in [0.717, 1.165) is 40.4 Å². The molecule has 176 valence electrons. The van der Waals surface area contributed by atoms with E-state index in [1.807, 2.05) is 32.9 Å². The van der Waals surface area contributed by atoms with Crippen molar-refractivity contribution >= 4 is 40.3 Å². The first-order valence-electron chi connectivity index (χ1n) is 10.7. The Labute approximate surface area is 197 Å². The van der Waals surface area contributed by atoms with Crippen molar-refractivity contribution in [3.05, 3.63) is 44.6 Å². The Balaban J connectivity index is 2.10. The minimum absolute atomic E-state index is 0.199. The third-order valence-electron chi connectivity index (χ3n) is 5.15. The molecule has 0 unspecified atom stereocenters. The second-order valence-electron chi connectivity index (χ2n) is 7.48. The number of aromatic nitrogens is 1. The number of hydrogen-bond acceptors (Lipinski definition) is 7. The smallest absolute Gasteiger partial charge is 0.349 e. The van der Waals surface area contributed by atoms with Gasteiger partial charge in [-0.2, -0.15) is 5.26 Å². The van der Waals surface area contributed by atoms with E-state index < -0.39 is 24.5 Å². The van der Waals surface area contributed by atoms with Crippen LogP contribution < -0.4 is 5.32 Å². The summed E-state index contributed by atoms with van der Waals surface area (Å²) in [5.41, 5.74) is 3.55.